The molecule has 2 rings (SSSR count). The van der Waals surface area contributed by atoms with E-state index in [0.29, 0.717) is 12.5 Å². The zero-order valence-electron chi connectivity index (χ0n) is 11.5. The van der Waals surface area contributed by atoms with Gasteiger partial charge in [0.1, 0.15) is 0 Å². The number of nitrogens with zero attached hydrogens (tertiary/aromatic N) is 1. The summed E-state index contributed by atoms with van der Waals surface area (Å²) < 4.78 is 5.29. The van der Waals surface area contributed by atoms with Gasteiger partial charge >= 0.3 is 0 Å². The third kappa shape index (κ3) is 3.93. The molecule has 0 aliphatic carbocycles. The van der Waals surface area contributed by atoms with E-state index < -0.39 is 0 Å². The van der Waals surface area contributed by atoms with Crippen LogP contribution in [0.15, 0.2) is 24.3 Å². The minimum absolute atomic E-state index is 0.289. The van der Waals surface area contributed by atoms with Crippen molar-refractivity contribution in [1.82, 2.24) is 4.90 Å². The summed E-state index contributed by atoms with van der Waals surface area (Å²) in [5.41, 5.74) is 7.24. The van der Waals surface area contributed by atoms with E-state index in [4.69, 9.17) is 22.1 Å². The average molecular weight is 283 g/mol. The number of nitrogens with two attached hydrogens (primary N) is 1. The van der Waals surface area contributed by atoms with Gasteiger partial charge in [-0.15, -0.1) is 0 Å². The van der Waals surface area contributed by atoms with Crippen molar-refractivity contribution in [1.29, 1.82) is 0 Å². The number of likely N-dealkylation sites (tertiary alicyclic amines) is 1. The fourth-order valence-corrected chi connectivity index (χ4v) is 3.06. The van der Waals surface area contributed by atoms with Crippen molar-refractivity contribution in [2.45, 2.75) is 18.9 Å². The van der Waals surface area contributed by atoms with E-state index in [9.17, 15) is 0 Å². The highest BCUT2D eigenvalue weighted by Gasteiger charge is 2.26. The molecule has 19 heavy (non-hydrogen) atoms. The maximum atomic E-state index is 5.99. The normalized spacial score (nSPS) is 22.4. The first-order valence-corrected chi connectivity index (χ1v) is 7.31. The van der Waals surface area contributed by atoms with Crippen molar-refractivity contribution in [2.24, 2.45) is 11.7 Å². The minimum Gasteiger partial charge on any atom is -0.384 e. The molecule has 1 aromatic rings. The Morgan fingerprint density at radius 2 is 2.16 bits per heavy atom. The molecular formula is C15H23ClN2O. The first kappa shape index (κ1) is 14.8. The summed E-state index contributed by atoms with van der Waals surface area (Å²) in [6.07, 6.45) is 2.47. The summed E-state index contributed by atoms with van der Waals surface area (Å²) in [7, 11) is 1.78. The molecule has 2 atom stereocenters. The van der Waals surface area contributed by atoms with E-state index in [2.05, 4.69) is 17.0 Å². The predicted octanol–water partition coefficient (Wildman–Crippen LogP) is 2.70. The van der Waals surface area contributed by atoms with Crippen LogP contribution in [0, 0.1) is 5.92 Å². The molecule has 0 amide bonds. The van der Waals surface area contributed by atoms with Crippen LogP contribution < -0.4 is 5.73 Å². The van der Waals surface area contributed by atoms with Gasteiger partial charge in [-0.3, -0.25) is 4.90 Å². The molecule has 1 aliphatic rings. The summed E-state index contributed by atoms with van der Waals surface area (Å²) in [5.74, 6) is 0.625. The van der Waals surface area contributed by atoms with Crippen LogP contribution >= 0.6 is 11.6 Å². The molecule has 0 spiro atoms. The second kappa shape index (κ2) is 7.25. The van der Waals surface area contributed by atoms with Crippen LogP contribution in [0.1, 0.15) is 24.4 Å². The second-order valence-corrected chi connectivity index (χ2v) is 5.70. The van der Waals surface area contributed by atoms with Crippen molar-refractivity contribution in [3.05, 3.63) is 34.9 Å². The van der Waals surface area contributed by atoms with Crippen LogP contribution in [-0.4, -0.2) is 38.3 Å². The van der Waals surface area contributed by atoms with E-state index in [1.165, 1.54) is 18.4 Å². The molecule has 0 aromatic heterocycles. The molecule has 2 N–H and O–H groups in total. The van der Waals surface area contributed by atoms with E-state index >= 15 is 0 Å². The zero-order valence-corrected chi connectivity index (χ0v) is 12.3. The molecule has 2 unspecified atom stereocenters. The van der Waals surface area contributed by atoms with Crippen molar-refractivity contribution in [2.75, 3.05) is 33.4 Å². The third-order valence-corrected chi connectivity index (χ3v) is 4.12. The smallest absolute Gasteiger partial charge is 0.0502 e. The Kier molecular flexibility index (Phi) is 5.64. The molecule has 3 nitrogen and oxygen atoms in total. The van der Waals surface area contributed by atoms with Crippen LogP contribution in [0.4, 0.5) is 0 Å². The summed E-state index contributed by atoms with van der Waals surface area (Å²) >= 11 is 5.95. The van der Waals surface area contributed by atoms with Gasteiger partial charge in [-0.1, -0.05) is 23.7 Å². The van der Waals surface area contributed by atoms with E-state index in [0.717, 1.165) is 24.7 Å². The summed E-state index contributed by atoms with van der Waals surface area (Å²) in [5, 5.41) is 0.774. The number of hydrogen-bond acceptors (Lipinski definition) is 3. The molecule has 1 aromatic carbocycles. The predicted molar refractivity (Wildman–Crippen MR) is 79.4 cm³/mol. The van der Waals surface area contributed by atoms with Gasteiger partial charge in [0.05, 0.1) is 6.61 Å². The van der Waals surface area contributed by atoms with Gasteiger partial charge in [-0.2, -0.15) is 0 Å². The summed E-state index contributed by atoms with van der Waals surface area (Å²) in [6.45, 7) is 3.67. The topological polar surface area (TPSA) is 38.5 Å². The molecule has 4 heteroatoms. The molecule has 0 radical (unpaired) electrons. The molecule has 106 valence electrons. The van der Waals surface area contributed by atoms with Gasteiger partial charge < -0.3 is 10.5 Å². The summed E-state index contributed by atoms with van der Waals surface area (Å²) in [6, 6.07) is 8.34. The Morgan fingerprint density at radius 3 is 2.79 bits per heavy atom. The van der Waals surface area contributed by atoms with Gasteiger partial charge in [0.2, 0.25) is 0 Å². The monoisotopic (exact) mass is 282 g/mol. The highest BCUT2D eigenvalue weighted by molar-refractivity contribution is 6.30. The quantitative estimate of drug-likeness (QED) is 0.902. The first-order valence-electron chi connectivity index (χ1n) is 6.93. The zero-order chi connectivity index (χ0) is 13.7. The van der Waals surface area contributed by atoms with E-state index in [1.54, 1.807) is 7.11 Å². The SMILES string of the molecule is COCC1CCCN(C(CN)c2ccc(Cl)cc2)C1. The molecule has 1 saturated heterocycles. The number of piperidine rings is 1. The lowest BCUT2D eigenvalue weighted by Gasteiger charge is -2.38. The Morgan fingerprint density at radius 1 is 1.42 bits per heavy atom. The highest BCUT2D eigenvalue weighted by Crippen LogP contribution is 2.27. The lowest BCUT2D eigenvalue weighted by Crippen LogP contribution is -2.42. The van der Waals surface area contributed by atoms with Crippen molar-refractivity contribution in [3.63, 3.8) is 0 Å². The van der Waals surface area contributed by atoms with Crippen molar-refractivity contribution < 1.29 is 4.74 Å². The molecule has 1 heterocycles. The van der Waals surface area contributed by atoms with E-state index in [1.807, 2.05) is 12.1 Å². The average Bonchev–Trinajstić information content (AvgIpc) is 2.43. The minimum atomic E-state index is 0.289. The van der Waals surface area contributed by atoms with Gasteiger partial charge in [-0.25, -0.2) is 0 Å². The largest absolute Gasteiger partial charge is 0.384 e. The number of halogens is 1. The van der Waals surface area contributed by atoms with Crippen LogP contribution in [-0.2, 0) is 4.74 Å². The lowest BCUT2D eigenvalue weighted by atomic mass is 9.95. The third-order valence-electron chi connectivity index (χ3n) is 3.87. The number of rotatable bonds is 5. The van der Waals surface area contributed by atoms with Gasteiger partial charge in [0.25, 0.3) is 0 Å². The number of benzene rings is 1. The first-order chi connectivity index (χ1) is 9.24. The number of hydrogen-bond donors (Lipinski definition) is 1. The Hall–Kier alpha value is -0.610. The molecule has 0 saturated carbocycles. The van der Waals surface area contributed by atoms with Crippen LogP contribution in [0.2, 0.25) is 5.02 Å². The molecular weight excluding hydrogens is 260 g/mol. The van der Waals surface area contributed by atoms with Gasteiger partial charge in [0, 0.05) is 31.3 Å². The van der Waals surface area contributed by atoms with Crippen molar-refractivity contribution >= 4 is 11.6 Å². The molecule has 1 fully saturated rings. The van der Waals surface area contributed by atoms with Gasteiger partial charge in [-0.05, 0) is 43.0 Å². The fraction of sp³-hybridized carbons (Fsp3) is 0.600. The second-order valence-electron chi connectivity index (χ2n) is 5.26. The van der Waals surface area contributed by atoms with Crippen molar-refractivity contribution in [3.8, 4) is 0 Å². The van der Waals surface area contributed by atoms with Crippen LogP contribution in [0.25, 0.3) is 0 Å². The number of methoxy groups -OCH3 is 1. The lowest BCUT2D eigenvalue weighted by molar-refractivity contribution is 0.0697. The maximum Gasteiger partial charge on any atom is 0.0502 e. The molecule has 0 bridgehead atoms. The van der Waals surface area contributed by atoms with Crippen LogP contribution in [0.3, 0.4) is 0 Å². The molecule has 1 aliphatic heterocycles. The van der Waals surface area contributed by atoms with Crippen LogP contribution in [0.5, 0.6) is 0 Å². The van der Waals surface area contributed by atoms with Gasteiger partial charge in [0.15, 0.2) is 0 Å². The maximum absolute atomic E-state index is 5.99. The fourth-order valence-electron chi connectivity index (χ4n) is 2.93. The Labute approximate surface area is 120 Å². The highest BCUT2D eigenvalue weighted by atomic mass is 35.5. The van der Waals surface area contributed by atoms with E-state index in [-0.39, 0.29) is 6.04 Å². The Balaban J connectivity index is 2.06. The summed E-state index contributed by atoms with van der Waals surface area (Å²) in [4.78, 5) is 2.48. The Bertz CT molecular complexity index is 380. The standard InChI is InChI=1S/C15H23ClN2O/c1-19-11-12-3-2-8-18(10-12)15(9-17)13-4-6-14(16)7-5-13/h4-7,12,15H,2-3,8-11,17H2,1H3. The number of ether oxygens (including phenoxy) is 1.